The molecule has 1 saturated carbocycles. The number of rotatable bonds is 5. The molecule has 1 rings (SSSR count). The molecule has 0 aromatic carbocycles. The highest BCUT2D eigenvalue weighted by atomic mass is 16.5. The highest BCUT2D eigenvalue weighted by molar-refractivity contribution is 4.76. The van der Waals surface area contributed by atoms with Crippen molar-refractivity contribution in [2.24, 2.45) is 5.92 Å². The second kappa shape index (κ2) is 6.39. The van der Waals surface area contributed by atoms with Crippen LogP contribution in [0.1, 0.15) is 39.0 Å². The Morgan fingerprint density at radius 3 is 2.77 bits per heavy atom. The molecule has 2 nitrogen and oxygen atoms in total. The van der Waals surface area contributed by atoms with Gasteiger partial charge in [0.25, 0.3) is 0 Å². The van der Waals surface area contributed by atoms with Gasteiger partial charge in [-0.2, -0.15) is 0 Å². The molecule has 78 valence electrons. The van der Waals surface area contributed by atoms with Gasteiger partial charge in [0, 0.05) is 7.11 Å². The quantitative estimate of drug-likeness (QED) is 0.663. The summed E-state index contributed by atoms with van der Waals surface area (Å²) in [5, 5.41) is 3.38. The largest absolute Gasteiger partial charge is 0.381 e. The molecular weight excluding hydrogens is 162 g/mol. The minimum absolute atomic E-state index is 0.535. The number of hydrogen-bond donors (Lipinski definition) is 1. The lowest BCUT2D eigenvalue weighted by atomic mass is 9.84. The first kappa shape index (κ1) is 11.0. The van der Waals surface area contributed by atoms with Crippen molar-refractivity contribution in [2.45, 2.75) is 45.1 Å². The van der Waals surface area contributed by atoms with Gasteiger partial charge >= 0.3 is 0 Å². The molecule has 2 heteroatoms. The predicted octanol–water partition coefficient (Wildman–Crippen LogP) is 2.19. The highest BCUT2D eigenvalue weighted by Crippen LogP contribution is 2.28. The standard InChI is InChI=1S/C11H23NO/c1-3-12-9-8-10-6-4-5-7-11(10)13-2/h10-12H,3-9H2,1-2H3. The summed E-state index contributed by atoms with van der Waals surface area (Å²) in [5.74, 6) is 0.804. The number of methoxy groups -OCH3 is 1. The van der Waals surface area contributed by atoms with E-state index in [0.717, 1.165) is 19.0 Å². The van der Waals surface area contributed by atoms with Gasteiger partial charge in [-0.15, -0.1) is 0 Å². The van der Waals surface area contributed by atoms with Crippen molar-refractivity contribution < 1.29 is 4.74 Å². The maximum Gasteiger partial charge on any atom is 0.0600 e. The highest BCUT2D eigenvalue weighted by Gasteiger charge is 2.23. The summed E-state index contributed by atoms with van der Waals surface area (Å²) in [4.78, 5) is 0. The van der Waals surface area contributed by atoms with E-state index in [1.54, 1.807) is 0 Å². The first-order chi connectivity index (χ1) is 6.38. The Hall–Kier alpha value is -0.0800. The van der Waals surface area contributed by atoms with Crippen molar-refractivity contribution in [2.75, 3.05) is 20.2 Å². The molecule has 1 aliphatic carbocycles. The van der Waals surface area contributed by atoms with E-state index < -0.39 is 0 Å². The lowest BCUT2D eigenvalue weighted by Crippen LogP contribution is -2.29. The third-order valence-corrected chi connectivity index (χ3v) is 3.08. The van der Waals surface area contributed by atoms with E-state index in [2.05, 4.69) is 12.2 Å². The number of ether oxygens (including phenoxy) is 1. The van der Waals surface area contributed by atoms with Gasteiger partial charge in [-0.05, 0) is 38.3 Å². The van der Waals surface area contributed by atoms with E-state index in [1.165, 1.54) is 32.1 Å². The Kier molecular flexibility index (Phi) is 5.40. The average Bonchev–Trinajstić information content (AvgIpc) is 2.19. The molecule has 0 amide bonds. The van der Waals surface area contributed by atoms with Gasteiger partial charge in [0.1, 0.15) is 0 Å². The fourth-order valence-corrected chi connectivity index (χ4v) is 2.28. The van der Waals surface area contributed by atoms with Crippen molar-refractivity contribution in [3.8, 4) is 0 Å². The van der Waals surface area contributed by atoms with Crippen LogP contribution in [0.15, 0.2) is 0 Å². The summed E-state index contributed by atoms with van der Waals surface area (Å²) in [6.45, 7) is 4.40. The molecule has 0 aromatic rings. The van der Waals surface area contributed by atoms with Gasteiger partial charge in [-0.25, -0.2) is 0 Å². The van der Waals surface area contributed by atoms with Gasteiger partial charge in [-0.1, -0.05) is 19.8 Å². The molecule has 0 heterocycles. The molecule has 1 aliphatic rings. The molecule has 13 heavy (non-hydrogen) atoms. The van der Waals surface area contributed by atoms with Crippen LogP contribution in [0.25, 0.3) is 0 Å². The predicted molar refractivity (Wildman–Crippen MR) is 55.9 cm³/mol. The first-order valence-electron chi connectivity index (χ1n) is 5.62. The molecule has 0 aromatic heterocycles. The third kappa shape index (κ3) is 3.65. The zero-order valence-electron chi connectivity index (χ0n) is 9.01. The molecule has 0 bridgehead atoms. The van der Waals surface area contributed by atoms with E-state index in [9.17, 15) is 0 Å². The van der Waals surface area contributed by atoms with Crippen molar-refractivity contribution >= 4 is 0 Å². The van der Waals surface area contributed by atoms with E-state index in [1.807, 2.05) is 7.11 Å². The van der Waals surface area contributed by atoms with Crippen LogP contribution in [0.4, 0.5) is 0 Å². The van der Waals surface area contributed by atoms with Crippen LogP contribution >= 0.6 is 0 Å². The number of nitrogens with one attached hydrogen (secondary N) is 1. The Morgan fingerprint density at radius 1 is 1.31 bits per heavy atom. The lowest BCUT2D eigenvalue weighted by molar-refractivity contribution is 0.0206. The van der Waals surface area contributed by atoms with Crippen molar-refractivity contribution in [3.63, 3.8) is 0 Å². The summed E-state index contributed by atoms with van der Waals surface area (Å²) in [7, 11) is 1.86. The fraction of sp³-hybridized carbons (Fsp3) is 1.00. The van der Waals surface area contributed by atoms with Crippen LogP contribution in [-0.2, 0) is 4.74 Å². The van der Waals surface area contributed by atoms with E-state index >= 15 is 0 Å². The van der Waals surface area contributed by atoms with Crippen LogP contribution in [0.2, 0.25) is 0 Å². The van der Waals surface area contributed by atoms with Crippen LogP contribution in [0.5, 0.6) is 0 Å². The van der Waals surface area contributed by atoms with Gasteiger partial charge in [0.2, 0.25) is 0 Å². The normalized spacial score (nSPS) is 29.1. The first-order valence-corrected chi connectivity index (χ1v) is 5.62. The van der Waals surface area contributed by atoms with Crippen LogP contribution < -0.4 is 5.32 Å². The smallest absolute Gasteiger partial charge is 0.0600 e. The minimum Gasteiger partial charge on any atom is -0.381 e. The Bertz CT molecular complexity index is 127. The summed E-state index contributed by atoms with van der Waals surface area (Å²) in [6.07, 6.45) is 7.21. The molecule has 1 N–H and O–H groups in total. The summed E-state index contributed by atoms with van der Waals surface area (Å²) >= 11 is 0. The summed E-state index contributed by atoms with van der Waals surface area (Å²) < 4.78 is 5.51. The molecule has 0 saturated heterocycles. The van der Waals surface area contributed by atoms with Crippen LogP contribution in [-0.4, -0.2) is 26.3 Å². The van der Waals surface area contributed by atoms with E-state index in [-0.39, 0.29) is 0 Å². The van der Waals surface area contributed by atoms with Gasteiger partial charge in [0.05, 0.1) is 6.10 Å². The molecular formula is C11H23NO. The molecule has 0 spiro atoms. The molecule has 2 unspecified atom stereocenters. The van der Waals surface area contributed by atoms with Crippen molar-refractivity contribution in [3.05, 3.63) is 0 Å². The van der Waals surface area contributed by atoms with Gasteiger partial charge in [0.15, 0.2) is 0 Å². The van der Waals surface area contributed by atoms with Gasteiger partial charge < -0.3 is 10.1 Å². The average molecular weight is 185 g/mol. The molecule has 1 fully saturated rings. The fourth-order valence-electron chi connectivity index (χ4n) is 2.28. The molecule has 0 radical (unpaired) electrons. The third-order valence-electron chi connectivity index (χ3n) is 3.08. The zero-order chi connectivity index (χ0) is 9.52. The minimum atomic E-state index is 0.535. The zero-order valence-corrected chi connectivity index (χ0v) is 9.01. The lowest BCUT2D eigenvalue weighted by Gasteiger charge is -2.30. The topological polar surface area (TPSA) is 21.3 Å². The second-order valence-corrected chi connectivity index (χ2v) is 3.96. The molecule has 2 atom stereocenters. The van der Waals surface area contributed by atoms with Crippen molar-refractivity contribution in [1.29, 1.82) is 0 Å². The summed E-state index contributed by atoms with van der Waals surface area (Å²) in [5.41, 5.74) is 0. The number of hydrogen-bond acceptors (Lipinski definition) is 2. The molecule has 0 aliphatic heterocycles. The van der Waals surface area contributed by atoms with E-state index in [4.69, 9.17) is 4.74 Å². The van der Waals surface area contributed by atoms with Gasteiger partial charge in [-0.3, -0.25) is 0 Å². The Balaban J connectivity index is 2.19. The van der Waals surface area contributed by atoms with E-state index in [0.29, 0.717) is 6.10 Å². The maximum atomic E-state index is 5.51. The summed E-state index contributed by atoms with van der Waals surface area (Å²) in [6, 6.07) is 0. The van der Waals surface area contributed by atoms with Crippen molar-refractivity contribution in [1.82, 2.24) is 5.32 Å². The maximum absolute atomic E-state index is 5.51. The monoisotopic (exact) mass is 185 g/mol. The van der Waals surface area contributed by atoms with Crippen LogP contribution in [0, 0.1) is 5.92 Å². The van der Waals surface area contributed by atoms with Crippen LogP contribution in [0.3, 0.4) is 0 Å². The SMILES string of the molecule is CCNCCC1CCCCC1OC. The second-order valence-electron chi connectivity index (χ2n) is 3.96. The Morgan fingerprint density at radius 2 is 2.08 bits per heavy atom. The Labute approximate surface area is 82.0 Å².